The minimum atomic E-state index is -0.222. The maximum atomic E-state index is 13.2. The van der Waals surface area contributed by atoms with Crippen LogP contribution in [0, 0.1) is 11.7 Å². The number of hydrogen-bond donors (Lipinski definition) is 1. The second kappa shape index (κ2) is 3.81. The Labute approximate surface area is 99.7 Å². The van der Waals surface area contributed by atoms with Crippen LogP contribution in [-0.4, -0.2) is 22.6 Å². The summed E-state index contributed by atoms with van der Waals surface area (Å²) in [6.07, 6.45) is 0. The molecule has 0 radical (unpaired) electrons. The van der Waals surface area contributed by atoms with Gasteiger partial charge in [0.05, 0.1) is 11.0 Å². The molecule has 0 saturated carbocycles. The molecule has 2 atom stereocenters. The number of benzene rings is 1. The summed E-state index contributed by atoms with van der Waals surface area (Å²) in [5, 5.41) is 3.38. The molecule has 1 fully saturated rings. The van der Waals surface area contributed by atoms with E-state index in [-0.39, 0.29) is 5.82 Å². The summed E-state index contributed by atoms with van der Waals surface area (Å²) in [7, 11) is 2.01. The second-order valence-electron chi connectivity index (χ2n) is 4.90. The van der Waals surface area contributed by atoms with Crippen molar-refractivity contribution in [2.24, 2.45) is 13.0 Å². The van der Waals surface area contributed by atoms with Crippen molar-refractivity contribution in [3.63, 3.8) is 0 Å². The summed E-state index contributed by atoms with van der Waals surface area (Å²) in [6.45, 7) is 4.22. The number of hydrogen-bond acceptors (Lipinski definition) is 2. The van der Waals surface area contributed by atoms with Crippen LogP contribution < -0.4 is 5.32 Å². The molecule has 3 nitrogen and oxygen atoms in total. The molecule has 4 heteroatoms. The van der Waals surface area contributed by atoms with Crippen LogP contribution in [0.3, 0.4) is 0 Å². The van der Waals surface area contributed by atoms with E-state index in [0.717, 1.165) is 29.9 Å². The Morgan fingerprint density at radius 1 is 1.41 bits per heavy atom. The second-order valence-corrected chi connectivity index (χ2v) is 4.90. The van der Waals surface area contributed by atoms with E-state index in [1.165, 1.54) is 12.1 Å². The Hall–Kier alpha value is -1.42. The highest BCUT2D eigenvalue weighted by atomic mass is 19.1. The zero-order valence-corrected chi connectivity index (χ0v) is 10.1. The molecule has 1 aliphatic rings. The quantitative estimate of drug-likeness (QED) is 0.816. The summed E-state index contributed by atoms with van der Waals surface area (Å²) >= 11 is 0. The lowest BCUT2D eigenvalue weighted by Crippen LogP contribution is -2.13. The van der Waals surface area contributed by atoms with Crippen molar-refractivity contribution in [1.82, 2.24) is 14.9 Å². The van der Waals surface area contributed by atoms with Gasteiger partial charge in [-0.25, -0.2) is 9.37 Å². The molecule has 1 saturated heterocycles. The zero-order chi connectivity index (χ0) is 12.0. The van der Waals surface area contributed by atoms with Crippen LogP contribution in [-0.2, 0) is 7.05 Å². The molecule has 2 heterocycles. The van der Waals surface area contributed by atoms with Crippen molar-refractivity contribution < 1.29 is 4.39 Å². The molecule has 1 aliphatic heterocycles. The number of fused-ring (bicyclic) bond motifs is 1. The van der Waals surface area contributed by atoms with E-state index in [2.05, 4.69) is 21.8 Å². The van der Waals surface area contributed by atoms with Crippen LogP contribution in [0.25, 0.3) is 11.0 Å². The molecule has 1 aromatic carbocycles. The first-order chi connectivity index (χ1) is 8.16. The number of imidazole rings is 1. The van der Waals surface area contributed by atoms with Crippen molar-refractivity contribution >= 4 is 11.0 Å². The Kier molecular flexibility index (Phi) is 2.40. The predicted octanol–water partition coefficient (Wildman–Crippen LogP) is 2.04. The number of aromatic nitrogens is 2. The normalized spacial score (nSPS) is 24.6. The smallest absolute Gasteiger partial charge is 0.125 e. The summed E-state index contributed by atoms with van der Waals surface area (Å²) in [6, 6.07) is 4.80. The monoisotopic (exact) mass is 233 g/mol. The Bertz CT molecular complexity index is 561. The zero-order valence-electron chi connectivity index (χ0n) is 10.1. The first-order valence-electron chi connectivity index (χ1n) is 5.99. The average molecular weight is 233 g/mol. The molecule has 90 valence electrons. The third kappa shape index (κ3) is 1.63. The maximum absolute atomic E-state index is 13.2. The van der Waals surface area contributed by atoms with E-state index in [0.29, 0.717) is 11.8 Å². The molecular formula is C13H16FN3. The average Bonchev–Trinajstić information content (AvgIpc) is 2.83. The molecule has 2 aromatic rings. The van der Waals surface area contributed by atoms with Gasteiger partial charge in [-0.3, -0.25) is 0 Å². The van der Waals surface area contributed by atoms with Crippen molar-refractivity contribution in [2.75, 3.05) is 13.1 Å². The van der Waals surface area contributed by atoms with E-state index in [4.69, 9.17) is 0 Å². The van der Waals surface area contributed by atoms with Gasteiger partial charge in [-0.05, 0) is 24.6 Å². The lowest BCUT2D eigenvalue weighted by atomic mass is 9.97. The van der Waals surface area contributed by atoms with Gasteiger partial charge in [0.15, 0.2) is 0 Å². The van der Waals surface area contributed by atoms with Gasteiger partial charge >= 0.3 is 0 Å². The van der Waals surface area contributed by atoms with E-state index in [1.54, 1.807) is 6.07 Å². The number of nitrogens with one attached hydrogen (secondary N) is 1. The van der Waals surface area contributed by atoms with Crippen molar-refractivity contribution in [2.45, 2.75) is 12.8 Å². The van der Waals surface area contributed by atoms with Gasteiger partial charge in [0.1, 0.15) is 11.6 Å². The lowest BCUT2D eigenvalue weighted by molar-refractivity contribution is 0.533. The van der Waals surface area contributed by atoms with E-state index in [9.17, 15) is 4.39 Å². The third-order valence-electron chi connectivity index (χ3n) is 3.73. The first kappa shape index (κ1) is 10.7. The summed E-state index contributed by atoms with van der Waals surface area (Å²) in [4.78, 5) is 4.59. The fourth-order valence-corrected chi connectivity index (χ4v) is 2.68. The molecule has 0 aliphatic carbocycles. The highest BCUT2D eigenvalue weighted by molar-refractivity contribution is 5.76. The van der Waals surface area contributed by atoms with Crippen LogP contribution in [0.4, 0.5) is 4.39 Å². The molecule has 1 N–H and O–H groups in total. The fourth-order valence-electron chi connectivity index (χ4n) is 2.68. The van der Waals surface area contributed by atoms with Crippen LogP contribution in [0.2, 0.25) is 0 Å². The topological polar surface area (TPSA) is 29.9 Å². The van der Waals surface area contributed by atoms with Gasteiger partial charge in [0.2, 0.25) is 0 Å². The van der Waals surface area contributed by atoms with E-state index in [1.807, 2.05) is 7.05 Å². The lowest BCUT2D eigenvalue weighted by Gasteiger charge is -2.13. The largest absolute Gasteiger partial charge is 0.331 e. The minimum absolute atomic E-state index is 0.222. The van der Waals surface area contributed by atoms with Crippen LogP contribution in [0.1, 0.15) is 18.7 Å². The summed E-state index contributed by atoms with van der Waals surface area (Å²) in [5.41, 5.74) is 1.75. The molecule has 0 amide bonds. The summed E-state index contributed by atoms with van der Waals surface area (Å²) in [5.74, 6) is 1.84. The van der Waals surface area contributed by atoms with Gasteiger partial charge in [0, 0.05) is 25.6 Å². The standard InChI is InChI=1S/C13H16FN3/c1-8-6-15-7-10(8)13-16-11-5-9(14)3-4-12(11)17(13)2/h3-5,8,10,15H,6-7H2,1-2H3. The van der Waals surface area contributed by atoms with E-state index >= 15 is 0 Å². The minimum Gasteiger partial charge on any atom is -0.331 e. The van der Waals surface area contributed by atoms with Crippen molar-refractivity contribution in [1.29, 1.82) is 0 Å². The molecule has 0 spiro atoms. The van der Waals surface area contributed by atoms with E-state index < -0.39 is 0 Å². The fraction of sp³-hybridized carbons (Fsp3) is 0.462. The maximum Gasteiger partial charge on any atom is 0.125 e. The first-order valence-corrected chi connectivity index (χ1v) is 5.99. The Balaban J connectivity index is 2.14. The van der Waals surface area contributed by atoms with Crippen LogP contribution in [0.15, 0.2) is 18.2 Å². The molecule has 1 aromatic heterocycles. The molecular weight excluding hydrogens is 217 g/mol. The van der Waals surface area contributed by atoms with Gasteiger partial charge in [-0.15, -0.1) is 0 Å². The third-order valence-corrected chi connectivity index (χ3v) is 3.73. The molecule has 0 bridgehead atoms. The summed E-state index contributed by atoms with van der Waals surface area (Å²) < 4.78 is 15.3. The number of halogens is 1. The predicted molar refractivity (Wildman–Crippen MR) is 65.4 cm³/mol. The van der Waals surface area contributed by atoms with Gasteiger partial charge in [0.25, 0.3) is 0 Å². The highest BCUT2D eigenvalue weighted by Crippen LogP contribution is 2.29. The number of rotatable bonds is 1. The van der Waals surface area contributed by atoms with Crippen LogP contribution in [0.5, 0.6) is 0 Å². The van der Waals surface area contributed by atoms with Crippen LogP contribution >= 0.6 is 0 Å². The van der Waals surface area contributed by atoms with Gasteiger partial charge in [-0.1, -0.05) is 6.92 Å². The van der Waals surface area contributed by atoms with Crippen molar-refractivity contribution in [3.05, 3.63) is 29.8 Å². The molecule has 3 rings (SSSR count). The van der Waals surface area contributed by atoms with Gasteiger partial charge < -0.3 is 9.88 Å². The number of nitrogens with zero attached hydrogens (tertiary/aromatic N) is 2. The van der Waals surface area contributed by atoms with Gasteiger partial charge in [-0.2, -0.15) is 0 Å². The Morgan fingerprint density at radius 3 is 2.94 bits per heavy atom. The Morgan fingerprint density at radius 2 is 2.24 bits per heavy atom. The molecule has 2 unspecified atom stereocenters. The number of aryl methyl sites for hydroxylation is 1. The highest BCUT2D eigenvalue weighted by Gasteiger charge is 2.28. The van der Waals surface area contributed by atoms with Crippen molar-refractivity contribution in [3.8, 4) is 0 Å². The molecule has 17 heavy (non-hydrogen) atoms. The SMILES string of the molecule is CC1CNCC1c1nc2cc(F)ccc2n1C.